The summed E-state index contributed by atoms with van der Waals surface area (Å²) in [6.45, 7) is 1.46. The van der Waals surface area contributed by atoms with Crippen molar-refractivity contribution in [2.45, 2.75) is 38.5 Å². The largest absolute Gasteiger partial charge is 0.355 e. The van der Waals surface area contributed by atoms with Gasteiger partial charge in [0.1, 0.15) is 17.2 Å². The number of aromatic nitrogens is 2. The standard InChI is InChI=1S/C13H15F4N3/c14-11(15)9-10(12(16)17)19-8(7-18-9)20-5-3-13(1-2-13)4-6-20/h7,11-12H,1-6H2. The molecule has 1 spiro atoms. The van der Waals surface area contributed by atoms with E-state index in [1.54, 1.807) is 0 Å². The van der Waals surface area contributed by atoms with Crippen LogP contribution in [-0.4, -0.2) is 23.1 Å². The highest BCUT2D eigenvalue weighted by atomic mass is 19.3. The zero-order chi connectivity index (χ0) is 14.3. The van der Waals surface area contributed by atoms with Gasteiger partial charge < -0.3 is 4.90 Å². The van der Waals surface area contributed by atoms with Crippen LogP contribution in [0.3, 0.4) is 0 Å². The highest BCUT2D eigenvalue weighted by Crippen LogP contribution is 2.53. The predicted octanol–water partition coefficient (Wildman–Crippen LogP) is 3.73. The Morgan fingerprint density at radius 3 is 2.05 bits per heavy atom. The number of hydrogen-bond acceptors (Lipinski definition) is 3. The van der Waals surface area contributed by atoms with Gasteiger partial charge in [-0.25, -0.2) is 27.5 Å². The van der Waals surface area contributed by atoms with Crippen LogP contribution in [0.25, 0.3) is 0 Å². The van der Waals surface area contributed by atoms with E-state index in [1.165, 1.54) is 19.0 Å². The van der Waals surface area contributed by atoms with E-state index >= 15 is 0 Å². The smallest absolute Gasteiger partial charge is 0.282 e. The Kier molecular flexibility index (Phi) is 3.30. The SMILES string of the molecule is FC(F)c1ncc(N2CCC3(CC2)CC3)nc1C(F)F. The summed E-state index contributed by atoms with van der Waals surface area (Å²) in [7, 11) is 0. The molecule has 1 aliphatic heterocycles. The fourth-order valence-electron chi connectivity index (χ4n) is 2.77. The molecule has 0 amide bonds. The van der Waals surface area contributed by atoms with Crippen molar-refractivity contribution < 1.29 is 17.6 Å². The van der Waals surface area contributed by atoms with E-state index < -0.39 is 24.2 Å². The highest BCUT2D eigenvalue weighted by Gasteiger charge is 2.44. The summed E-state index contributed by atoms with van der Waals surface area (Å²) >= 11 is 0. The summed E-state index contributed by atoms with van der Waals surface area (Å²) in [6, 6.07) is 0. The van der Waals surface area contributed by atoms with E-state index in [1.807, 2.05) is 4.90 Å². The number of nitrogens with zero attached hydrogens (tertiary/aromatic N) is 3. The number of hydrogen-bond donors (Lipinski definition) is 0. The molecule has 0 N–H and O–H groups in total. The Morgan fingerprint density at radius 1 is 0.950 bits per heavy atom. The molecule has 2 aliphatic rings. The quantitative estimate of drug-likeness (QED) is 0.794. The van der Waals surface area contributed by atoms with Crippen molar-refractivity contribution >= 4 is 5.82 Å². The van der Waals surface area contributed by atoms with Crippen molar-refractivity contribution in [1.29, 1.82) is 0 Å². The second-order valence-corrected chi connectivity index (χ2v) is 5.59. The van der Waals surface area contributed by atoms with Crippen molar-refractivity contribution in [3.8, 4) is 0 Å². The van der Waals surface area contributed by atoms with Crippen LogP contribution in [0.4, 0.5) is 23.4 Å². The van der Waals surface area contributed by atoms with Gasteiger partial charge in [0, 0.05) is 13.1 Å². The molecule has 3 rings (SSSR count). The van der Waals surface area contributed by atoms with Gasteiger partial charge >= 0.3 is 0 Å². The maximum atomic E-state index is 12.8. The molecule has 1 saturated heterocycles. The van der Waals surface area contributed by atoms with Gasteiger partial charge in [0.15, 0.2) is 0 Å². The fourth-order valence-corrected chi connectivity index (χ4v) is 2.77. The molecule has 0 atom stereocenters. The molecule has 7 heteroatoms. The van der Waals surface area contributed by atoms with E-state index in [0.29, 0.717) is 5.41 Å². The molecule has 0 aromatic carbocycles. The van der Waals surface area contributed by atoms with Gasteiger partial charge in [-0.2, -0.15) is 0 Å². The molecule has 2 heterocycles. The summed E-state index contributed by atoms with van der Waals surface area (Å²) in [5.41, 5.74) is -1.36. The minimum atomic E-state index is -3.04. The lowest BCUT2D eigenvalue weighted by Crippen LogP contribution is -2.35. The summed E-state index contributed by atoms with van der Waals surface area (Å²) in [5.74, 6) is 0.278. The number of halogens is 4. The Hall–Kier alpha value is -1.40. The first-order chi connectivity index (χ1) is 9.51. The normalized spacial score (nSPS) is 21.0. The topological polar surface area (TPSA) is 29.0 Å². The van der Waals surface area contributed by atoms with Crippen LogP contribution >= 0.6 is 0 Å². The van der Waals surface area contributed by atoms with Gasteiger partial charge in [-0.05, 0) is 31.1 Å². The third-order valence-electron chi connectivity index (χ3n) is 4.34. The van der Waals surface area contributed by atoms with Crippen molar-refractivity contribution in [2.75, 3.05) is 18.0 Å². The molecule has 1 saturated carbocycles. The molecule has 110 valence electrons. The molecular weight excluding hydrogens is 274 g/mol. The average molecular weight is 289 g/mol. The molecular formula is C13H15F4N3. The first-order valence-corrected chi connectivity index (χ1v) is 6.69. The van der Waals surface area contributed by atoms with Gasteiger partial charge in [-0.15, -0.1) is 0 Å². The average Bonchev–Trinajstić information content (AvgIpc) is 3.18. The summed E-state index contributed by atoms with van der Waals surface area (Å²) in [6.07, 6.45) is -0.399. The van der Waals surface area contributed by atoms with E-state index in [4.69, 9.17) is 0 Å². The molecule has 1 aliphatic carbocycles. The van der Waals surface area contributed by atoms with Gasteiger partial charge in [-0.1, -0.05) is 0 Å². The molecule has 20 heavy (non-hydrogen) atoms. The molecule has 2 fully saturated rings. The van der Waals surface area contributed by atoms with Crippen LogP contribution in [0.5, 0.6) is 0 Å². The van der Waals surface area contributed by atoms with Crippen LogP contribution < -0.4 is 4.90 Å². The zero-order valence-electron chi connectivity index (χ0n) is 10.8. The van der Waals surface area contributed by atoms with Crippen molar-refractivity contribution in [3.05, 3.63) is 17.6 Å². The Bertz CT molecular complexity index is 492. The fraction of sp³-hybridized carbons (Fsp3) is 0.692. The predicted molar refractivity (Wildman–Crippen MR) is 65.1 cm³/mol. The van der Waals surface area contributed by atoms with E-state index in [-0.39, 0.29) is 5.82 Å². The van der Waals surface area contributed by atoms with Crippen molar-refractivity contribution in [1.82, 2.24) is 9.97 Å². The van der Waals surface area contributed by atoms with Gasteiger partial charge in [0.2, 0.25) is 0 Å². The van der Waals surface area contributed by atoms with E-state index in [2.05, 4.69) is 9.97 Å². The Labute approximate surface area is 114 Å². The molecule has 0 unspecified atom stereocenters. The van der Waals surface area contributed by atoms with E-state index in [0.717, 1.165) is 25.9 Å². The van der Waals surface area contributed by atoms with Crippen LogP contribution in [0.2, 0.25) is 0 Å². The van der Waals surface area contributed by atoms with Crippen LogP contribution in [-0.2, 0) is 0 Å². The molecule has 0 bridgehead atoms. The molecule has 0 radical (unpaired) electrons. The summed E-state index contributed by atoms with van der Waals surface area (Å²) < 4.78 is 50.9. The van der Waals surface area contributed by atoms with Crippen LogP contribution in [0, 0.1) is 5.41 Å². The maximum Gasteiger partial charge on any atom is 0.282 e. The summed E-state index contributed by atoms with van der Waals surface area (Å²) in [4.78, 5) is 9.07. The zero-order valence-corrected chi connectivity index (χ0v) is 10.8. The number of alkyl halides is 4. The second-order valence-electron chi connectivity index (χ2n) is 5.59. The lowest BCUT2D eigenvalue weighted by molar-refractivity contribution is 0.116. The van der Waals surface area contributed by atoms with Gasteiger partial charge in [0.25, 0.3) is 12.9 Å². The highest BCUT2D eigenvalue weighted by molar-refractivity contribution is 5.39. The van der Waals surface area contributed by atoms with Crippen LogP contribution in [0.15, 0.2) is 6.20 Å². The second kappa shape index (κ2) is 4.86. The summed E-state index contributed by atoms with van der Waals surface area (Å²) in [5, 5.41) is 0. The lowest BCUT2D eigenvalue weighted by atomic mass is 9.94. The number of rotatable bonds is 3. The third kappa shape index (κ3) is 2.45. The maximum absolute atomic E-state index is 12.8. The monoisotopic (exact) mass is 289 g/mol. The number of anilines is 1. The third-order valence-corrected chi connectivity index (χ3v) is 4.34. The Balaban J connectivity index is 1.81. The number of piperidine rings is 1. The first kappa shape index (κ1) is 13.6. The van der Waals surface area contributed by atoms with Gasteiger partial charge in [-0.3, -0.25) is 0 Å². The van der Waals surface area contributed by atoms with Crippen LogP contribution in [0.1, 0.15) is 49.9 Å². The Morgan fingerprint density at radius 2 is 1.55 bits per heavy atom. The minimum absolute atomic E-state index is 0.278. The van der Waals surface area contributed by atoms with Crippen molar-refractivity contribution in [3.63, 3.8) is 0 Å². The van der Waals surface area contributed by atoms with E-state index in [9.17, 15) is 17.6 Å². The minimum Gasteiger partial charge on any atom is -0.355 e. The molecule has 1 aromatic rings. The first-order valence-electron chi connectivity index (χ1n) is 6.69. The molecule has 1 aromatic heterocycles. The van der Waals surface area contributed by atoms with Crippen molar-refractivity contribution in [2.24, 2.45) is 5.41 Å². The molecule has 3 nitrogen and oxygen atoms in total. The van der Waals surface area contributed by atoms with Gasteiger partial charge in [0.05, 0.1) is 6.20 Å². The lowest BCUT2D eigenvalue weighted by Gasteiger charge is -2.33.